The number of fused-ring (bicyclic) bond motifs is 1. The Kier molecular flexibility index (Phi) is 4.44. The van der Waals surface area contributed by atoms with Crippen LogP contribution in [0.15, 0.2) is 47.3 Å². The number of rotatable bonds is 4. The summed E-state index contributed by atoms with van der Waals surface area (Å²) in [5.74, 6) is -0.270. The van der Waals surface area contributed by atoms with Crippen LogP contribution < -0.4 is 5.32 Å². The van der Waals surface area contributed by atoms with E-state index in [9.17, 15) is 4.79 Å². The summed E-state index contributed by atoms with van der Waals surface area (Å²) in [5, 5.41) is 7.03. The zero-order valence-electron chi connectivity index (χ0n) is 14.1. The van der Waals surface area contributed by atoms with Crippen LogP contribution in [0.3, 0.4) is 0 Å². The number of thiazole rings is 1. The molecule has 3 aromatic heterocycles. The van der Waals surface area contributed by atoms with Gasteiger partial charge < -0.3 is 4.98 Å². The molecule has 6 nitrogen and oxygen atoms in total. The molecule has 0 bridgehead atoms. The Bertz CT molecular complexity index is 1080. The van der Waals surface area contributed by atoms with E-state index in [0.717, 1.165) is 22.2 Å². The van der Waals surface area contributed by atoms with Gasteiger partial charge in [0, 0.05) is 40.4 Å². The van der Waals surface area contributed by atoms with Crippen LogP contribution in [0.25, 0.3) is 22.2 Å². The van der Waals surface area contributed by atoms with Gasteiger partial charge in [0.2, 0.25) is 0 Å². The number of nitrogens with zero attached hydrogens (tertiary/aromatic N) is 3. The molecule has 3 heterocycles. The lowest BCUT2D eigenvalue weighted by Gasteiger charge is -2.01. The van der Waals surface area contributed by atoms with Crippen LogP contribution in [0.4, 0.5) is 5.13 Å². The van der Waals surface area contributed by atoms with Crippen molar-refractivity contribution in [1.29, 1.82) is 0 Å². The quantitative estimate of drug-likeness (QED) is 0.405. The predicted molar refractivity (Wildman–Crippen MR) is 106 cm³/mol. The number of hydrogen-bond donors (Lipinski definition) is 2. The topological polar surface area (TPSA) is 83.6 Å². The van der Waals surface area contributed by atoms with Crippen molar-refractivity contribution >= 4 is 45.0 Å². The lowest BCUT2D eigenvalue weighted by molar-refractivity contribution is 0.102. The number of H-pyrrole nitrogens is 1. The summed E-state index contributed by atoms with van der Waals surface area (Å²) in [6, 6.07) is 6.26. The molecule has 0 atom stereocenters. The molecule has 130 valence electrons. The zero-order valence-corrected chi connectivity index (χ0v) is 15.7. The van der Waals surface area contributed by atoms with Crippen molar-refractivity contribution in [2.24, 2.45) is 0 Å². The van der Waals surface area contributed by atoms with E-state index >= 15 is 0 Å². The van der Waals surface area contributed by atoms with Crippen molar-refractivity contribution in [1.82, 2.24) is 19.9 Å². The molecule has 0 aliphatic rings. The molecule has 4 aromatic rings. The summed E-state index contributed by atoms with van der Waals surface area (Å²) in [7, 11) is 0. The van der Waals surface area contributed by atoms with E-state index < -0.39 is 0 Å². The summed E-state index contributed by atoms with van der Waals surface area (Å²) < 4.78 is 0. The van der Waals surface area contributed by atoms with Crippen molar-refractivity contribution in [3.8, 4) is 11.3 Å². The summed E-state index contributed by atoms with van der Waals surface area (Å²) in [4.78, 5) is 28.4. The van der Waals surface area contributed by atoms with Crippen molar-refractivity contribution in [2.75, 3.05) is 11.6 Å². The highest BCUT2D eigenvalue weighted by molar-refractivity contribution is 7.98. The van der Waals surface area contributed by atoms with Crippen LogP contribution in [-0.4, -0.2) is 32.1 Å². The van der Waals surface area contributed by atoms with Crippen molar-refractivity contribution in [3.05, 3.63) is 53.3 Å². The number of amides is 1. The van der Waals surface area contributed by atoms with Crippen LogP contribution in [0.2, 0.25) is 0 Å². The first-order valence-electron chi connectivity index (χ1n) is 7.85. The predicted octanol–water partition coefficient (Wildman–Crippen LogP) is 4.36. The fraction of sp³-hybridized carbons (Fsp3) is 0.111. The average Bonchev–Trinajstić information content (AvgIpc) is 3.28. The molecule has 2 N–H and O–H groups in total. The maximum absolute atomic E-state index is 12.3. The molecule has 0 fully saturated rings. The number of hydrogen-bond acceptors (Lipinski definition) is 6. The minimum atomic E-state index is -0.270. The second-order valence-electron chi connectivity index (χ2n) is 5.70. The lowest BCUT2D eigenvalue weighted by atomic mass is 10.1. The highest BCUT2D eigenvalue weighted by atomic mass is 32.2. The van der Waals surface area contributed by atoms with E-state index in [1.165, 1.54) is 41.1 Å². The highest BCUT2D eigenvalue weighted by Gasteiger charge is 2.13. The van der Waals surface area contributed by atoms with Gasteiger partial charge in [-0.2, -0.15) is 0 Å². The number of carbonyl (C=O) groups excluding carboxylic acids is 1. The van der Waals surface area contributed by atoms with Crippen LogP contribution in [0, 0.1) is 6.92 Å². The van der Waals surface area contributed by atoms with E-state index in [1.54, 1.807) is 0 Å². The van der Waals surface area contributed by atoms with Gasteiger partial charge in [-0.15, -0.1) is 11.3 Å². The van der Waals surface area contributed by atoms with Crippen molar-refractivity contribution in [2.45, 2.75) is 12.1 Å². The summed E-state index contributed by atoms with van der Waals surface area (Å²) >= 11 is 2.82. The number of aromatic nitrogens is 4. The maximum atomic E-state index is 12.3. The molecule has 1 amide bonds. The first-order valence-corrected chi connectivity index (χ1v) is 9.95. The number of benzene rings is 1. The number of nitrogens with one attached hydrogen (secondary N) is 2. The lowest BCUT2D eigenvalue weighted by Crippen LogP contribution is -2.12. The third-order valence-corrected chi connectivity index (χ3v) is 5.24. The van der Waals surface area contributed by atoms with Crippen LogP contribution >= 0.6 is 23.1 Å². The van der Waals surface area contributed by atoms with E-state index in [-0.39, 0.29) is 5.91 Å². The van der Waals surface area contributed by atoms with E-state index in [2.05, 4.69) is 50.4 Å². The Morgan fingerprint density at radius 1 is 1.27 bits per heavy atom. The smallest absolute Gasteiger partial charge is 0.260 e. The second kappa shape index (κ2) is 6.89. The minimum Gasteiger partial charge on any atom is -0.360 e. The second-order valence-corrected chi connectivity index (χ2v) is 7.33. The minimum absolute atomic E-state index is 0.270. The Labute approximate surface area is 158 Å². The summed E-state index contributed by atoms with van der Waals surface area (Å²) in [6.45, 7) is 2.06. The van der Waals surface area contributed by atoms with Gasteiger partial charge in [-0.3, -0.25) is 10.1 Å². The Morgan fingerprint density at radius 3 is 2.85 bits per heavy atom. The SMILES string of the molecule is CSc1ncc(C(=O)Nc2nc(-c3c[nH]c4cc(C)ccc34)cs2)cn1. The van der Waals surface area contributed by atoms with Gasteiger partial charge >= 0.3 is 0 Å². The number of anilines is 1. The molecule has 0 radical (unpaired) electrons. The molecular formula is C18H15N5OS2. The third-order valence-electron chi connectivity index (χ3n) is 3.91. The number of aryl methyl sites for hydroxylation is 1. The normalized spacial score (nSPS) is 11.0. The van der Waals surface area contributed by atoms with Gasteiger partial charge in [0.25, 0.3) is 5.91 Å². The van der Waals surface area contributed by atoms with Crippen LogP contribution in [-0.2, 0) is 0 Å². The molecule has 4 rings (SSSR count). The largest absolute Gasteiger partial charge is 0.360 e. The van der Waals surface area contributed by atoms with Crippen LogP contribution in [0.1, 0.15) is 15.9 Å². The summed E-state index contributed by atoms with van der Waals surface area (Å²) in [5.41, 5.74) is 4.53. The van der Waals surface area contributed by atoms with E-state index in [1.807, 2.05) is 17.8 Å². The highest BCUT2D eigenvalue weighted by Crippen LogP contribution is 2.31. The van der Waals surface area contributed by atoms with Gasteiger partial charge in [-0.05, 0) is 24.8 Å². The number of thioether (sulfide) groups is 1. The van der Waals surface area contributed by atoms with Gasteiger partial charge in [0.05, 0.1) is 11.3 Å². The molecule has 0 aliphatic heterocycles. The van der Waals surface area contributed by atoms with Gasteiger partial charge in [-0.1, -0.05) is 23.9 Å². The fourth-order valence-corrected chi connectivity index (χ4v) is 3.64. The molecule has 26 heavy (non-hydrogen) atoms. The fourth-order valence-electron chi connectivity index (χ4n) is 2.61. The molecule has 0 unspecified atom stereocenters. The van der Waals surface area contributed by atoms with Gasteiger partial charge in [-0.25, -0.2) is 15.0 Å². The maximum Gasteiger partial charge on any atom is 0.260 e. The van der Waals surface area contributed by atoms with E-state index in [4.69, 9.17) is 0 Å². The first-order chi connectivity index (χ1) is 12.6. The molecule has 0 spiro atoms. The van der Waals surface area contributed by atoms with Crippen molar-refractivity contribution in [3.63, 3.8) is 0 Å². The van der Waals surface area contributed by atoms with Crippen molar-refractivity contribution < 1.29 is 4.79 Å². The average molecular weight is 381 g/mol. The number of aromatic amines is 1. The standard InChI is InChI=1S/C18H15N5OS2/c1-10-3-4-12-13(8-19-14(12)5-10)15-9-26-18(22-15)23-16(24)11-6-20-17(25-2)21-7-11/h3-9,19H,1-2H3,(H,22,23,24). The first kappa shape index (κ1) is 16.7. The Morgan fingerprint density at radius 2 is 2.08 bits per heavy atom. The van der Waals surface area contributed by atoms with E-state index in [0.29, 0.717) is 15.9 Å². The monoisotopic (exact) mass is 381 g/mol. The third kappa shape index (κ3) is 3.21. The molecule has 0 saturated heterocycles. The van der Waals surface area contributed by atoms with Gasteiger partial charge in [0.1, 0.15) is 0 Å². The van der Waals surface area contributed by atoms with Gasteiger partial charge in [0.15, 0.2) is 10.3 Å². The van der Waals surface area contributed by atoms with Crippen LogP contribution in [0.5, 0.6) is 0 Å². The summed E-state index contributed by atoms with van der Waals surface area (Å²) in [6.07, 6.45) is 6.87. The Balaban J connectivity index is 1.56. The Hall–Kier alpha value is -2.71. The molecule has 1 aromatic carbocycles. The molecule has 8 heteroatoms. The number of carbonyl (C=O) groups is 1. The molecule has 0 aliphatic carbocycles. The molecular weight excluding hydrogens is 366 g/mol. The molecule has 0 saturated carbocycles. The zero-order chi connectivity index (χ0) is 18.1.